The molecule has 0 aromatic carbocycles. The normalized spacial score (nSPS) is 13.2. The molecule has 1 aromatic rings. The third kappa shape index (κ3) is 2.41. The van der Waals surface area contributed by atoms with Gasteiger partial charge in [0.2, 0.25) is 0 Å². The summed E-state index contributed by atoms with van der Waals surface area (Å²) in [5, 5.41) is 9.21. The van der Waals surface area contributed by atoms with Crippen molar-refractivity contribution in [2.75, 3.05) is 18.5 Å². The van der Waals surface area contributed by atoms with E-state index in [0.717, 1.165) is 43.6 Å². The van der Waals surface area contributed by atoms with Crippen LogP contribution < -0.4 is 4.90 Å². The molecule has 0 radical (unpaired) electrons. The Hall–Kier alpha value is -1.56. The van der Waals surface area contributed by atoms with Gasteiger partial charge in [0.1, 0.15) is 11.9 Å². The number of hydrogen-bond donors (Lipinski definition) is 0. The molecular weight excluding hydrogens is 210 g/mol. The molecule has 0 saturated heterocycles. The molecule has 0 N–H and O–H groups in total. The number of aryl methyl sites for hydroxylation is 2. The number of fused-ring (bicyclic) bond motifs is 1. The van der Waals surface area contributed by atoms with E-state index < -0.39 is 0 Å². The highest BCUT2D eigenvalue weighted by atomic mass is 15.2. The van der Waals surface area contributed by atoms with Crippen molar-refractivity contribution in [3.63, 3.8) is 0 Å². The number of nitrogens with zero attached hydrogens (tertiary/aromatic N) is 3. The van der Waals surface area contributed by atoms with Crippen LogP contribution in [-0.4, -0.2) is 18.6 Å². The van der Waals surface area contributed by atoms with Gasteiger partial charge in [0.15, 0.2) is 0 Å². The van der Waals surface area contributed by atoms with Crippen molar-refractivity contribution in [3.05, 3.63) is 22.9 Å². The van der Waals surface area contributed by atoms with Gasteiger partial charge in [-0.05, 0) is 37.3 Å². The lowest BCUT2D eigenvalue weighted by molar-refractivity contribution is 0.756. The number of hydrogen-bond acceptors (Lipinski definition) is 3. The quantitative estimate of drug-likeness (QED) is 0.797. The first-order chi connectivity index (χ1) is 8.26. The first-order valence-electron chi connectivity index (χ1n) is 6.40. The Labute approximate surface area is 103 Å². The minimum Gasteiger partial charge on any atom is -0.359 e. The van der Waals surface area contributed by atoms with E-state index >= 15 is 0 Å². The van der Waals surface area contributed by atoms with Crippen molar-refractivity contribution in [2.45, 2.75) is 39.0 Å². The summed E-state index contributed by atoms with van der Waals surface area (Å²) in [5.41, 5.74) is 3.20. The summed E-state index contributed by atoms with van der Waals surface area (Å²) in [5.74, 6) is 0.863. The molecule has 90 valence electrons. The van der Waals surface area contributed by atoms with Crippen LogP contribution in [0.2, 0.25) is 0 Å². The van der Waals surface area contributed by atoms with Crippen molar-refractivity contribution >= 4 is 5.82 Å². The van der Waals surface area contributed by atoms with Crippen LogP contribution in [0.15, 0.2) is 6.07 Å². The van der Waals surface area contributed by atoms with E-state index in [2.05, 4.69) is 22.9 Å². The minimum atomic E-state index is 0.726. The first-order valence-corrected chi connectivity index (χ1v) is 6.40. The number of unbranched alkanes of at least 4 members (excludes halogenated alkanes) is 1. The predicted molar refractivity (Wildman–Crippen MR) is 69.2 cm³/mol. The molecule has 3 heteroatoms. The Balaban J connectivity index is 2.29. The average Bonchev–Trinajstić information content (AvgIpc) is 2.81. The summed E-state index contributed by atoms with van der Waals surface area (Å²) in [7, 11) is 2.03. The van der Waals surface area contributed by atoms with Gasteiger partial charge in [-0.15, -0.1) is 0 Å². The Morgan fingerprint density at radius 1 is 1.47 bits per heavy atom. The lowest BCUT2D eigenvalue weighted by Gasteiger charge is -2.19. The molecule has 0 amide bonds. The summed E-state index contributed by atoms with van der Waals surface area (Å²) in [4.78, 5) is 6.79. The van der Waals surface area contributed by atoms with Crippen LogP contribution >= 0.6 is 0 Å². The van der Waals surface area contributed by atoms with E-state index in [1.807, 2.05) is 13.1 Å². The summed E-state index contributed by atoms with van der Waals surface area (Å²) in [6.07, 6.45) is 5.62. The summed E-state index contributed by atoms with van der Waals surface area (Å²) < 4.78 is 0. The van der Waals surface area contributed by atoms with E-state index in [9.17, 15) is 5.26 Å². The van der Waals surface area contributed by atoms with Crippen molar-refractivity contribution in [2.24, 2.45) is 0 Å². The second kappa shape index (κ2) is 5.18. The Morgan fingerprint density at radius 3 is 3.00 bits per heavy atom. The zero-order chi connectivity index (χ0) is 12.3. The molecule has 1 aliphatic carbocycles. The zero-order valence-electron chi connectivity index (χ0n) is 10.7. The van der Waals surface area contributed by atoms with Crippen molar-refractivity contribution in [3.8, 4) is 6.07 Å². The molecule has 0 saturated carbocycles. The number of aromatic nitrogens is 1. The number of nitriles is 1. The van der Waals surface area contributed by atoms with E-state index in [1.165, 1.54) is 17.7 Å². The summed E-state index contributed by atoms with van der Waals surface area (Å²) in [6.45, 7) is 3.14. The van der Waals surface area contributed by atoms with Gasteiger partial charge in [-0.1, -0.05) is 13.3 Å². The smallest absolute Gasteiger partial charge is 0.146 e. The molecule has 2 rings (SSSR count). The first kappa shape index (κ1) is 11.9. The predicted octanol–water partition coefficient (Wildman–Crippen LogP) is 2.68. The fourth-order valence-electron chi connectivity index (χ4n) is 2.34. The third-order valence-corrected chi connectivity index (χ3v) is 3.36. The van der Waals surface area contributed by atoms with Gasteiger partial charge in [0.25, 0.3) is 0 Å². The highest BCUT2D eigenvalue weighted by Gasteiger charge is 2.18. The molecular formula is C14H19N3. The van der Waals surface area contributed by atoms with Crippen LogP contribution in [0.3, 0.4) is 0 Å². The average molecular weight is 229 g/mol. The molecule has 0 unspecified atom stereocenters. The van der Waals surface area contributed by atoms with E-state index in [4.69, 9.17) is 0 Å². The van der Waals surface area contributed by atoms with Gasteiger partial charge in [-0.3, -0.25) is 0 Å². The van der Waals surface area contributed by atoms with E-state index in [-0.39, 0.29) is 0 Å². The molecule has 1 aromatic heterocycles. The molecule has 0 atom stereocenters. The molecule has 0 bridgehead atoms. The van der Waals surface area contributed by atoms with Crippen LogP contribution in [0.1, 0.15) is 43.0 Å². The maximum Gasteiger partial charge on any atom is 0.146 e. The second-order valence-corrected chi connectivity index (χ2v) is 4.71. The highest BCUT2D eigenvalue weighted by Crippen LogP contribution is 2.26. The van der Waals surface area contributed by atoms with Gasteiger partial charge >= 0.3 is 0 Å². The molecule has 17 heavy (non-hydrogen) atoms. The Bertz CT molecular complexity index is 446. The molecule has 0 aliphatic heterocycles. The van der Waals surface area contributed by atoms with Crippen LogP contribution in [0.4, 0.5) is 5.82 Å². The molecule has 3 nitrogen and oxygen atoms in total. The minimum absolute atomic E-state index is 0.726. The Morgan fingerprint density at radius 2 is 2.29 bits per heavy atom. The van der Waals surface area contributed by atoms with Crippen LogP contribution in [0, 0.1) is 11.3 Å². The number of pyridine rings is 1. The Kier molecular flexibility index (Phi) is 3.63. The molecule has 0 fully saturated rings. The van der Waals surface area contributed by atoms with Crippen molar-refractivity contribution < 1.29 is 0 Å². The lowest BCUT2D eigenvalue weighted by atomic mass is 10.1. The summed E-state index contributed by atoms with van der Waals surface area (Å²) >= 11 is 0. The van der Waals surface area contributed by atoms with Gasteiger partial charge in [0, 0.05) is 19.3 Å². The third-order valence-electron chi connectivity index (χ3n) is 3.36. The molecule has 1 heterocycles. The van der Waals surface area contributed by atoms with E-state index in [0.29, 0.717) is 0 Å². The number of anilines is 1. The zero-order valence-corrected chi connectivity index (χ0v) is 10.7. The van der Waals surface area contributed by atoms with Crippen LogP contribution in [-0.2, 0) is 12.8 Å². The summed E-state index contributed by atoms with van der Waals surface area (Å²) in [6, 6.07) is 4.31. The lowest BCUT2D eigenvalue weighted by Crippen LogP contribution is -2.21. The topological polar surface area (TPSA) is 39.9 Å². The van der Waals surface area contributed by atoms with Crippen molar-refractivity contribution in [1.29, 1.82) is 5.26 Å². The van der Waals surface area contributed by atoms with Gasteiger partial charge in [0.05, 0.1) is 5.56 Å². The van der Waals surface area contributed by atoms with Gasteiger partial charge < -0.3 is 4.90 Å². The SMILES string of the molecule is CCCCN(C)c1nc2c(cc1C#N)CCC2. The van der Waals surface area contributed by atoms with Gasteiger partial charge in [-0.25, -0.2) is 4.98 Å². The highest BCUT2D eigenvalue weighted by molar-refractivity contribution is 5.56. The molecule has 0 spiro atoms. The fourth-order valence-corrected chi connectivity index (χ4v) is 2.34. The monoisotopic (exact) mass is 229 g/mol. The van der Waals surface area contributed by atoms with Crippen molar-refractivity contribution in [1.82, 2.24) is 4.98 Å². The van der Waals surface area contributed by atoms with Crippen LogP contribution in [0.5, 0.6) is 0 Å². The molecule has 1 aliphatic rings. The number of rotatable bonds is 4. The standard InChI is InChI=1S/C14H19N3/c1-3-4-8-17(2)14-12(10-15)9-11-6-5-7-13(11)16-14/h9H,3-8H2,1-2H3. The fraction of sp³-hybridized carbons (Fsp3) is 0.571. The maximum absolute atomic E-state index is 9.21. The van der Waals surface area contributed by atoms with Gasteiger partial charge in [-0.2, -0.15) is 5.26 Å². The maximum atomic E-state index is 9.21. The second-order valence-electron chi connectivity index (χ2n) is 4.71. The largest absolute Gasteiger partial charge is 0.359 e. The van der Waals surface area contributed by atoms with E-state index in [1.54, 1.807) is 0 Å². The van der Waals surface area contributed by atoms with Crippen LogP contribution in [0.25, 0.3) is 0 Å².